The van der Waals surface area contributed by atoms with E-state index in [-0.39, 0.29) is 0 Å². The van der Waals surface area contributed by atoms with Crippen molar-refractivity contribution >= 4 is 50.5 Å². The summed E-state index contributed by atoms with van der Waals surface area (Å²) in [6.45, 7) is 2.87. The first-order valence-corrected chi connectivity index (χ1v) is 11.3. The van der Waals surface area contributed by atoms with Gasteiger partial charge in [0.1, 0.15) is 12.4 Å². The normalized spacial score (nSPS) is 11.1. The number of halogens is 2. The topological polar surface area (TPSA) is 55.7 Å². The molecule has 0 fully saturated rings. The first kappa shape index (κ1) is 22.1. The highest BCUT2D eigenvalue weighted by atomic mass is 79.9. The van der Waals surface area contributed by atoms with Gasteiger partial charge in [-0.15, -0.1) is 0 Å². The van der Waals surface area contributed by atoms with Gasteiger partial charge in [-0.05, 0) is 70.9 Å². The Hall–Kier alpha value is -3.09. The molecule has 0 aliphatic rings. The number of pyridine rings is 1. The van der Waals surface area contributed by atoms with Crippen molar-refractivity contribution in [2.24, 2.45) is 5.10 Å². The van der Waals surface area contributed by atoms with E-state index in [1.165, 1.54) is 0 Å². The summed E-state index contributed by atoms with van der Waals surface area (Å²) < 4.78 is 12.6. The minimum Gasteiger partial charge on any atom is -0.490 e. The standard InChI is InChI=1S/C25H21BrClN3O2/c1-2-31-23-13-19(15-28-30-25-12-9-18-5-3-4-6-22(18)29-25)21(26)14-24(23)32-16-17-7-10-20(27)11-8-17/h3-15H,2,16H2,1H3,(H,29,30)/b28-15-. The Kier molecular flexibility index (Phi) is 7.24. The molecule has 0 aliphatic heterocycles. The van der Waals surface area contributed by atoms with Crippen molar-refractivity contribution in [3.8, 4) is 11.5 Å². The van der Waals surface area contributed by atoms with Crippen LogP contribution in [-0.2, 0) is 6.61 Å². The molecule has 0 aliphatic carbocycles. The van der Waals surface area contributed by atoms with Crippen LogP contribution in [0.1, 0.15) is 18.1 Å². The second-order valence-electron chi connectivity index (χ2n) is 6.93. The average Bonchev–Trinajstić information content (AvgIpc) is 2.81. The van der Waals surface area contributed by atoms with Gasteiger partial charge in [0.25, 0.3) is 0 Å². The number of ether oxygens (including phenoxy) is 2. The lowest BCUT2D eigenvalue weighted by Crippen LogP contribution is -2.01. The van der Waals surface area contributed by atoms with Crippen LogP contribution >= 0.6 is 27.5 Å². The van der Waals surface area contributed by atoms with Crippen molar-refractivity contribution in [2.45, 2.75) is 13.5 Å². The van der Waals surface area contributed by atoms with E-state index < -0.39 is 0 Å². The summed E-state index contributed by atoms with van der Waals surface area (Å²) in [7, 11) is 0. The number of hydrazone groups is 1. The summed E-state index contributed by atoms with van der Waals surface area (Å²) in [5.74, 6) is 1.97. The molecular formula is C25H21BrClN3O2. The van der Waals surface area contributed by atoms with Crippen LogP contribution in [0.15, 0.2) is 82.4 Å². The van der Waals surface area contributed by atoms with Gasteiger partial charge in [-0.3, -0.25) is 5.43 Å². The molecule has 0 saturated carbocycles. The molecule has 1 heterocycles. The minimum atomic E-state index is 0.409. The van der Waals surface area contributed by atoms with Crippen molar-refractivity contribution in [1.29, 1.82) is 0 Å². The monoisotopic (exact) mass is 509 g/mol. The Morgan fingerprint density at radius 2 is 1.78 bits per heavy atom. The highest BCUT2D eigenvalue weighted by molar-refractivity contribution is 9.10. The molecule has 0 atom stereocenters. The SMILES string of the molecule is CCOc1cc(/C=N\Nc2ccc3ccccc3n2)c(Br)cc1OCc1ccc(Cl)cc1. The predicted octanol–water partition coefficient (Wildman–Crippen LogP) is 7.07. The Balaban J connectivity index is 1.49. The summed E-state index contributed by atoms with van der Waals surface area (Å²) >= 11 is 9.55. The second kappa shape index (κ2) is 10.5. The molecule has 0 amide bonds. The van der Waals surface area contributed by atoms with Gasteiger partial charge in [0.2, 0.25) is 0 Å². The summed E-state index contributed by atoms with van der Waals surface area (Å²) in [5.41, 5.74) is 5.76. The van der Waals surface area contributed by atoms with E-state index in [0.717, 1.165) is 26.5 Å². The first-order valence-electron chi connectivity index (χ1n) is 10.1. The number of anilines is 1. The van der Waals surface area contributed by atoms with Crippen LogP contribution in [0.4, 0.5) is 5.82 Å². The zero-order valence-corrected chi connectivity index (χ0v) is 19.7. The predicted molar refractivity (Wildman–Crippen MR) is 134 cm³/mol. The number of hydrogen-bond acceptors (Lipinski definition) is 5. The molecule has 7 heteroatoms. The summed E-state index contributed by atoms with van der Waals surface area (Å²) in [5, 5.41) is 6.12. The maximum atomic E-state index is 6.00. The average molecular weight is 511 g/mol. The highest BCUT2D eigenvalue weighted by Crippen LogP contribution is 2.34. The lowest BCUT2D eigenvalue weighted by atomic mass is 10.2. The van der Waals surface area contributed by atoms with Gasteiger partial charge < -0.3 is 9.47 Å². The van der Waals surface area contributed by atoms with Crippen molar-refractivity contribution in [3.05, 3.63) is 93.4 Å². The largest absolute Gasteiger partial charge is 0.490 e. The molecular weight excluding hydrogens is 490 g/mol. The van der Waals surface area contributed by atoms with E-state index in [0.29, 0.717) is 35.6 Å². The molecule has 0 bridgehead atoms. The van der Waals surface area contributed by atoms with Gasteiger partial charge in [0.05, 0.1) is 18.3 Å². The van der Waals surface area contributed by atoms with E-state index in [1.54, 1.807) is 6.21 Å². The fraction of sp³-hybridized carbons (Fsp3) is 0.120. The molecule has 5 nitrogen and oxygen atoms in total. The number of rotatable bonds is 8. The van der Waals surface area contributed by atoms with E-state index in [2.05, 4.69) is 31.4 Å². The molecule has 1 aromatic heterocycles. The third-order valence-electron chi connectivity index (χ3n) is 4.65. The number of aromatic nitrogens is 1. The van der Waals surface area contributed by atoms with Crippen LogP contribution in [0.2, 0.25) is 5.02 Å². The number of fused-ring (bicyclic) bond motifs is 1. The number of nitrogens with one attached hydrogen (secondary N) is 1. The first-order chi connectivity index (χ1) is 15.6. The van der Waals surface area contributed by atoms with Crippen LogP contribution in [0.5, 0.6) is 11.5 Å². The van der Waals surface area contributed by atoms with Crippen molar-refractivity contribution in [3.63, 3.8) is 0 Å². The summed E-state index contributed by atoms with van der Waals surface area (Å²) in [6.07, 6.45) is 1.71. The molecule has 1 N–H and O–H groups in total. The van der Waals surface area contributed by atoms with Crippen LogP contribution in [-0.4, -0.2) is 17.8 Å². The molecule has 3 aromatic carbocycles. The molecule has 4 aromatic rings. The van der Waals surface area contributed by atoms with Crippen molar-refractivity contribution in [1.82, 2.24) is 4.98 Å². The zero-order chi connectivity index (χ0) is 22.3. The van der Waals surface area contributed by atoms with E-state index >= 15 is 0 Å². The van der Waals surface area contributed by atoms with E-state index in [9.17, 15) is 0 Å². The van der Waals surface area contributed by atoms with Gasteiger partial charge in [-0.2, -0.15) is 5.10 Å². The molecule has 4 rings (SSSR count). The van der Waals surface area contributed by atoms with Crippen molar-refractivity contribution in [2.75, 3.05) is 12.0 Å². The third kappa shape index (κ3) is 5.58. The Morgan fingerprint density at radius 1 is 1.00 bits per heavy atom. The minimum absolute atomic E-state index is 0.409. The molecule has 32 heavy (non-hydrogen) atoms. The van der Waals surface area contributed by atoms with Gasteiger partial charge >= 0.3 is 0 Å². The number of nitrogens with zero attached hydrogens (tertiary/aromatic N) is 2. The Labute approximate surface area is 200 Å². The maximum absolute atomic E-state index is 6.00. The molecule has 0 saturated heterocycles. The molecule has 0 spiro atoms. The lowest BCUT2D eigenvalue weighted by molar-refractivity contribution is 0.269. The number of para-hydroxylation sites is 1. The van der Waals surface area contributed by atoms with Crippen LogP contribution in [0.3, 0.4) is 0 Å². The van der Waals surface area contributed by atoms with E-state index in [1.807, 2.05) is 79.7 Å². The van der Waals surface area contributed by atoms with E-state index in [4.69, 9.17) is 21.1 Å². The summed E-state index contributed by atoms with van der Waals surface area (Å²) in [4.78, 5) is 4.56. The fourth-order valence-electron chi connectivity index (χ4n) is 3.07. The smallest absolute Gasteiger partial charge is 0.162 e. The van der Waals surface area contributed by atoms with Gasteiger partial charge in [0, 0.05) is 20.4 Å². The third-order valence-corrected chi connectivity index (χ3v) is 5.59. The van der Waals surface area contributed by atoms with Gasteiger partial charge in [-0.1, -0.05) is 41.9 Å². The second-order valence-corrected chi connectivity index (χ2v) is 8.22. The van der Waals surface area contributed by atoms with Crippen LogP contribution in [0.25, 0.3) is 10.9 Å². The fourth-order valence-corrected chi connectivity index (χ4v) is 3.62. The Morgan fingerprint density at radius 3 is 2.59 bits per heavy atom. The Bertz CT molecular complexity index is 1250. The van der Waals surface area contributed by atoms with Crippen molar-refractivity contribution < 1.29 is 9.47 Å². The maximum Gasteiger partial charge on any atom is 0.162 e. The molecule has 0 unspecified atom stereocenters. The lowest BCUT2D eigenvalue weighted by Gasteiger charge is -2.14. The van der Waals surface area contributed by atoms with Gasteiger partial charge in [0.15, 0.2) is 11.5 Å². The summed E-state index contributed by atoms with van der Waals surface area (Å²) in [6, 6.07) is 23.2. The number of benzene rings is 3. The van der Waals surface area contributed by atoms with Crippen LogP contribution in [0, 0.1) is 0 Å². The quantitative estimate of drug-likeness (QED) is 0.203. The molecule has 0 radical (unpaired) electrons. The van der Waals surface area contributed by atoms with Crippen LogP contribution < -0.4 is 14.9 Å². The molecule has 162 valence electrons. The zero-order valence-electron chi connectivity index (χ0n) is 17.4. The van der Waals surface area contributed by atoms with Gasteiger partial charge in [-0.25, -0.2) is 4.98 Å². The number of hydrogen-bond donors (Lipinski definition) is 1. The highest BCUT2D eigenvalue weighted by Gasteiger charge is 2.11.